The topological polar surface area (TPSA) is 50.4 Å². The van der Waals surface area contributed by atoms with Crippen LogP contribution in [0.2, 0.25) is 0 Å². The molecule has 0 radical (unpaired) electrons. The molecule has 2 rings (SSSR count). The van der Waals surface area contributed by atoms with Gasteiger partial charge in [-0.05, 0) is 44.0 Å². The summed E-state index contributed by atoms with van der Waals surface area (Å²) in [4.78, 5) is 12.2. The first kappa shape index (κ1) is 14.9. The fourth-order valence-electron chi connectivity index (χ4n) is 2.25. The van der Waals surface area contributed by atoms with E-state index in [9.17, 15) is 4.79 Å². The van der Waals surface area contributed by atoms with Crippen molar-refractivity contribution in [1.29, 1.82) is 0 Å². The van der Waals surface area contributed by atoms with Crippen molar-refractivity contribution in [3.8, 4) is 5.75 Å². The molecule has 1 heterocycles. The number of amides is 1. The standard InChI is InChI=1S/C16H24N2O2/c1-12(2)11-20-15-5-3-4-14(10-15)18-16(19)13-6-8-17-9-7-13/h3-5,10,12-13,17H,6-9,11H2,1-2H3,(H,18,19). The predicted molar refractivity (Wildman–Crippen MR) is 81.0 cm³/mol. The molecule has 1 amide bonds. The average molecular weight is 276 g/mol. The van der Waals surface area contributed by atoms with Crippen molar-refractivity contribution in [2.45, 2.75) is 26.7 Å². The molecule has 1 aliphatic rings. The molecule has 0 spiro atoms. The van der Waals surface area contributed by atoms with E-state index >= 15 is 0 Å². The normalized spacial score (nSPS) is 16.1. The second-order valence-corrected chi connectivity index (χ2v) is 5.75. The van der Waals surface area contributed by atoms with Crippen LogP contribution in [0, 0.1) is 11.8 Å². The molecule has 0 bridgehead atoms. The van der Waals surface area contributed by atoms with Crippen molar-refractivity contribution >= 4 is 11.6 Å². The quantitative estimate of drug-likeness (QED) is 0.869. The zero-order valence-corrected chi connectivity index (χ0v) is 12.3. The molecule has 0 saturated carbocycles. The van der Waals surface area contributed by atoms with Crippen molar-refractivity contribution in [2.24, 2.45) is 11.8 Å². The molecule has 4 heteroatoms. The Morgan fingerprint density at radius 3 is 2.85 bits per heavy atom. The lowest BCUT2D eigenvalue weighted by molar-refractivity contribution is -0.120. The van der Waals surface area contributed by atoms with Gasteiger partial charge >= 0.3 is 0 Å². The summed E-state index contributed by atoms with van der Waals surface area (Å²) in [7, 11) is 0. The van der Waals surface area contributed by atoms with Crippen LogP contribution in [0.25, 0.3) is 0 Å². The van der Waals surface area contributed by atoms with Gasteiger partial charge in [0, 0.05) is 17.7 Å². The maximum atomic E-state index is 12.2. The van der Waals surface area contributed by atoms with Crippen LogP contribution in [0.4, 0.5) is 5.69 Å². The van der Waals surface area contributed by atoms with Crippen molar-refractivity contribution in [2.75, 3.05) is 25.0 Å². The van der Waals surface area contributed by atoms with E-state index < -0.39 is 0 Å². The molecule has 4 nitrogen and oxygen atoms in total. The van der Waals surface area contributed by atoms with Gasteiger partial charge in [0.1, 0.15) is 5.75 Å². The highest BCUT2D eigenvalue weighted by molar-refractivity contribution is 5.92. The number of anilines is 1. The molecule has 1 aromatic rings. The second kappa shape index (κ2) is 7.29. The summed E-state index contributed by atoms with van der Waals surface area (Å²) in [5, 5.41) is 6.26. The number of ether oxygens (including phenoxy) is 1. The lowest BCUT2D eigenvalue weighted by Gasteiger charge is -2.21. The van der Waals surface area contributed by atoms with Crippen molar-refractivity contribution in [1.82, 2.24) is 5.32 Å². The second-order valence-electron chi connectivity index (χ2n) is 5.75. The van der Waals surface area contributed by atoms with Crippen LogP contribution < -0.4 is 15.4 Å². The Kier molecular flexibility index (Phi) is 5.41. The van der Waals surface area contributed by atoms with Gasteiger partial charge in [0.15, 0.2) is 0 Å². The first-order valence-electron chi connectivity index (χ1n) is 7.39. The average Bonchev–Trinajstić information content (AvgIpc) is 2.46. The highest BCUT2D eigenvalue weighted by atomic mass is 16.5. The number of hydrogen-bond donors (Lipinski definition) is 2. The minimum atomic E-state index is 0.118. The molecule has 1 fully saturated rings. The summed E-state index contributed by atoms with van der Waals surface area (Å²) in [6.45, 7) is 6.77. The van der Waals surface area contributed by atoms with Gasteiger partial charge in [-0.1, -0.05) is 19.9 Å². The molecule has 0 aliphatic carbocycles. The fourth-order valence-corrected chi connectivity index (χ4v) is 2.25. The Hall–Kier alpha value is -1.55. The summed E-state index contributed by atoms with van der Waals surface area (Å²) < 4.78 is 5.67. The van der Waals surface area contributed by atoms with Gasteiger partial charge < -0.3 is 15.4 Å². The molecule has 2 N–H and O–H groups in total. The van der Waals surface area contributed by atoms with E-state index in [0.717, 1.165) is 37.4 Å². The third-order valence-corrected chi connectivity index (χ3v) is 3.39. The van der Waals surface area contributed by atoms with Crippen LogP contribution in [-0.4, -0.2) is 25.6 Å². The highest BCUT2D eigenvalue weighted by Crippen LogP contribution is 2.20. The monoisotopic (exact) mass is 276 g/mol. The van der Waals surface area contributed by atoms with Gasteiger partial charge in [-0.25, -0.2) is 0 Å². The lowest BCUT2D eigenvalue weighted by Crippen LogP contribution is -2.34. The van der Waals surface area contributed by atoms with E-state index in [2.05, 4.69) is 24.5 Å². The van der Waals surface area contributed by atoms with Crippen LogP contribution in [0.5, 0.6) is 5.75 Å². The highest BCUT2D eigenvalue weighted by Gasteiger charge is 2.20. The van der Waals surface area contributed by atoms with E-state index in [4.69, 9.17) is 4.74 Å². The van der Waals surface area contributed by atoms with E-state index in [1.165, 1.54) is 0 Å². The maximum absolute atomic E-state index is 12.2. The minimum Gasteiger partial charge on any atom is -0.493 e. The van der Waals surface area contributed by atoms with Crippen molar-refractivity contribution < 1.29 is 9.53 Å². The van der Waals surface area contributed by atoms with E-state index in [1.54, 1.807) is 0 Å². The van der Waals surface area contributed by atoms with E-state index in [0.29, 0.717) is 12.5 Å². The summed E-state index contributed by atoms with van der Waals surface area (Å²) in [5.74, 6) is 1.54. The molecule has 1 saturated heterocycles. The van der Waals surface area contributed by atoms with Gasteiger partial charge in [-0.3, -0.25) is 4.79 Å². The zero-order chi connectivity index (χ0) is 14.4. The van der Waals surface area contributed by atoms with E-state index in [-0.39, 0.29) is 11.8 Å². The summed E-state index contributed by atoms with van der Waals surface area (Å²) in [5.41, 5.74) is 0.815. The lowest BCUT2D eigenvalue weighted by atomic mass is 9.97. The third-order valence-electron chi connectivity index (χ3n) is 3.39. The first-order chi connectivity index (χ1) is 9.65. The predicted octanol–water partition coefficient (Wildman–Crippen LogP) is 2.66. The first-order valence-corrected chi connectivity index (χ1v) is 7.39. The van der Waals surface area contributed by atoms with Crippen LogP contribution in [0.3, 0.4) is 0 Å². The summed E-state index contributed by atoms with van der Waals surface area (Å²) in [6.07, 6.45) is 1.82. The number of nitrogens with one attached hydrogen (secondary N) is 2. The Labute approximate surface area is 120 Å². The maximum Gasteiger partial charge on any atom is 0.227 e. The molecule has 1 aliphatic heterocycles. The molecular weight excluding hydrogens is 252 g/mol. The van der Waals surface area contributed by atoms with Crippen molar-refractivity contribution in [3.63, 3.8) is 0 Å². The van der Waals surface area contributed by atoms with Crippen LogP contribution in [0.1, 0.15) is 26.7 Å². The molecule has 1 aromatic carbocycles. The molecule has 0 atom stereocenters. The Morgan fingerprint density at radius 2 is 2.15 bits per heavy atom. The minimum absolute atomic E-state index is 0.118. The van der Waals surface area contributed by atoms with Crippen LogP contribution >= 0.6 is 0 Å². The Bertz CT molecular complexity index is 440. The fraction of sp³-hybridized carbons (Fsp3) is 0.562. The van der Waals surface area contributed by atoms with E-state index in [1.807, 2.05) is 24.3 Å². The number of benzene rings is 1. The van der Waals surface area contributed by atoms with Gasteiger partial charge in [0.05, 0.1) is 6.61 Å². The van der Waals surface area contributed by atoms with Crippen LogP contribution in [-0.2, 0) is 4.79 Å². The summed E-state index contributed by atoms with van der Waals surface area (Å²) >= 11 is 0. The molecule has 0 unspecified atom stereocenters. The van der Waals surface area contributed by atoms with Gasteiger partial charge in [0.25, 0.3) is 0 Å². The van der Waals surface area contributed by atoms with Gasteiger partial charge in [-0.15, -0.1) is 0 Å². The number of hydrogen-bond acceptors (Lipinski definition) is 3. The molecule has 20 heavy (non-hydrogen) atoms. The van der Waals surface area contributed by atoms with Crippen molar-refractivity contribution in [3.05, 3.63) is 24.3 Å². The molecule has 110 valence electrons. The zero-order valence-electron chi connectivity index (χ0n) is 12.3. The van der Waals surface area contributed by atoms with Crippen LogP contribution in [0.15, 0.2) is 24.3 Å². The summed E-state index contributed by atoms with van der Waals surface area (Å²) in [6, 6.07) is 7.62. The Morgan fingerprint density at radius 1 is 1.40 bits per heavy atom. The number of carbonyl (C=O) groups is 1. The number of piperidine rings is 1. The smallest absolute Gasteiger partial charge is 0.227 e. The van der Waals surface area contributed by atoms with Gasteiger partial charge in [0.2, 0.25) is 5.91 Å². The molecule has 0 aromatic heterocycles. The Balaban J connectivity index is 1.91. The SMILES string of the molecule is CC(C)COc1cccc(NC(=O)C2CCNCC2)c1. The molecular formula is C16H24N2O2. The third kappa shape index (κ3) is 4.53. The number of carbonyl (C=O) groups excluding carboxylic acids is 1. The van der Waals surface area contributed by atoms with Gasteiger partial charge in [-0.2, -0.15) is 0 Å². The largest absolute Gasteiger partial charge is 0.493 e. The number of rotatable bonds is 5.